The van der Waals surface area contributed by atoms with E-state index in [9.17, 15) is 14.4 Å². The van der Waals surface area contributed by atoms with Gasteiger partial charge in [0.2, 0.25) is 17.7 Å². The van der Waals surface area contributed by atoms with Gasteiger partial charge in [0.15, 0.2) is 0 Å². The van der Waals surface area contributed by atoms with Crippen LogP contribution in [0.2, 0.25) is 0 Å². The fraction of sp³-hybridized carbons (Fsp3) is 0.565. The number of nitrogens with zero attached hydrogens (tertiary/aromatic N) is 3. The summed E-state index contributed by atoms with van der Waals surface area (Å²) in [6.07, 6.45) is 9.85. The van der Waals surface area contributed by atoms with Crippen molar-refractivity contribution in [2.45, 2.75) is 38.5 Å². The summed E-state index contributed by atoms with van der Waals surface area (Å²) in [6.45, 7) is 2.22. The van der Waals surface area contributed by atoms with Crippen LogP contribution in [0.3, 0.4) is 0 Å². The van der Waals surface area contributed by atoms with Gasteiger partial charge in [-0.25, -0.2) is 0 Å². The summed E-state index contributed by atoms with van der Waals surface area (Å²) >= 11 is 0. The van der Waals surface area contributed by atoms with E-state index in [1.165, 1.54) is 4.90 Å². The lowest BCUT2D eigenvalue weighted by Crippen LogP contribution is -2.40. The molecule has 4 rings (SSSR count). The van der Waals surface area contributed by atoms with E-state index in [0.717, 1.165) is 49.1 Å². The Labute approximate surface area is 177 Å². The van der Waals surface area contributed by atoms with Crippen LogP contribution in [-0.2, 0) is 20.8 Å². The summed E-state index contributed by atoms with van der Waals surface area (Å²) in [6, 6.07) is 1.94. The summed E-state index contributed by atoms with van der Waals surface area (Å²) in [5.41, 5.74) is 3.28. The molecule has 3 aliphatic rings. The molecular weight excluding hydrogens is 380 g/mol. The number of rotatable bonds is 6. The van der Waals surface area contributed by atoms with Crippen LogP contribution in [0.5, 0.6) is 0 Å². The molecule has 160 valence electrons. The quantitative estimate of drug-likeness (QED) is 0.773. The smallest absolute Gasteiger partial charge is 0.247 e. The molecule has 1 spiro atoms. The lowest BCUT2D eigenvalue weighted by molar-refractivity contribution is -0.137. The molecule has 1 saturated heterocycles. The predicted octanol–water partition coefficient (Wildman–Crippen LogP) is 1.63. The van der Waals surface area contributed by atoms with Gasteiger partial charge in [-0.15, -0.1) is 0 Å². The van der Waals surface area contributed by atoms with Gasteiger partial charge in [0.1, 0.15) is 0 Å². The Balaban J connectivity index is 1.19. The lowest BCUT2D eigenvalue weighted by atomic mass is 9.90. The van der Waals surface area contributed by atoms with E-state index < -0.39 is 0 Å². The molecule has 0 bridgehead atoms. The maximum atomic E-state index is 12.5. The van der Waals surface area contributed by atoms with Crippen molar-refractivity contribution in [3.63, 3.8) is 0 Å². The zero-order valence-corrected chi connectivity index (χ0v) is 17.8. The van der Waals surface area contributed by atoms with Crippen LogP contribution in [0.4, 0.5) is 0 Å². The average Bonchev–Trinajstić information content (AvgIpc) is 3.21. The zero-order valence-electron chi connectivity index (χ0n) is 17.8. The van der Waals surface area contributed by atoms with Crippen molar-refractivity contribution >= 4 is 23.8 Å². The standard InChI is InChI=1S/C23H30N4O3/c1-26(2)20(28)3-4-21(29)27-9-6-23(7-10-27)13-19(23)15-25-22(30)17-11-16-5-8-24-14-18(16)12-17/h5,8,11,14,19H,3-4,6-7,9-10,12-13,15H2,1-2H3,(H,25,30). The van der Waals surface area contributed by atoms with Gasteiger partial charge in [-0.1, -0.05) is 0 Å². The molecule has 1 N–H and O–H groups in total. The number of nitrogens with one attached hydrogen (secondary N) is 1. The molecule has 0 radical (unpaired) electrons. The lowest BCUT2D eigenvalue weighted by Gasteiger charge is -2.33. The second-order valence-electron chi connectivity index (χ2n) is 9.06. The van der Waals surface area contributed by atoms with Crippen LogP contribution >= 0.6 is 0 Å². The number of amides is 3. The zero-order chi connectivity index (χ0) is 21.3. The Hall–Kier alpha value is -2.70. The normalized spacial score (nSPS) is 21.1. The predicted molar refractivity (Wildman–Crippen MR) is 113 cm³/mol. The monoisotopic (exact) mass is 410 g/mol. The van der Waals surface area contributed by atoms with E-state index in [1.54, 1.807) is 20.3 Å². The first-order valence-corrected chi connectivity index (χ1v) is 10.8. The van der Waals surface area contributed by atoms with Crippen LogP contribution in [0.1, 0.15) is 43.2 Å². The Bertz CT molecular complexity index is 884. The van der Waals surface area contributed by atoms with Crippen molar-refractivity contribution in [1.29, 1.82) is 0 Å². The Morgan fingerprint density at radius 2 is 2.00 bits per heavy atom. The van der Waals surface area contributed by atoms with Crippen molar-refractivity contribution in [3.8, 4) is 0 Å². The first-order chi connectivity index (χ1) is 14.4. The molecule has 1 unspecified atom stereocenters. The van der Waals surface area contributed by atoms with Crippen molar-refractivity contribution in [3.05, 3.63) is 35.2 Å². The molecule has 30 heavy (non-hydrogen) atoms. The van der Waals surface area contributed by atoms with E-state index in [-0.39, 0.29) is 36.0 Å². The highest BCUT2D eigenvalue weighted by Gasteiger charge is 2.54. The van der Waals surface area contributed by atoms with E-state index in [2.05, 4.69) is 10.3 Å². The summed E-state index contributed by atoms with van der Waals surface area (Å²) in [5, 5.41) is 3.12. The van der Waals surface area contributed by atoms with Gasteiger partial charge in [-0.3, -0.25) is 19.4 Å². The maximum Gasteiger partial charge on any atom is 0.247 e. The Morgan fingerprint density at radius 1 is 1.23 bits per heavy atom. The molecule has 2 heterocycles. The first kappa shape index (κ1) is 20.6. The third-order valence-electron chi connectivity index (χ3n) is 6.97. The van der Waals surface area contributed by atoms with Crippen molar-refractivity contribution in [1.82, 2.24) is 20.1 Å². The number of aromatic nitrogens is 1. The van der Waals surface area contributed by atoms with Gasteiger partial charge in [-0.05, 0) is 53.9 Å². The van der Waals surface area contributed by atoms with Crippen molar-refractivity contribution in [2.24, 2.45) is 11.3 Å². The second-order valence-corrected chi connectivity index (χ2v) is 9.06. The van der Waals surface area contributed by atoms with Gasteiger partial charge >= 0.3 is 0 Å². The van der Waals surface area contributed by atoms with Gasteiger partial charge in [0.05, 0.1) is 0 Å². The SMILES string of the molecule is CN(C)C(=O)CCC(=O)N1CCC2(CC1)CC2CNC(=O)C1=Cc2ccncc2C1. The van der Waals surface area contributed by atoms with Crippen molar-refractivity contribution < 1.29 is 14.4 Å². The number of fused-ring (bicyclic) bond motifs is 1. The second kappa shape index (κ2) is 8.20. The van der Waals surface area contributed by atoms with Crippen LogP contribution in [-0.4, -0.2) is 66.2 Å². The van der Waals surface area contributed by atoms with Crippen LogP contribution in [0.25, 0.3) is 6.08 Å². The highest BCUT2D eigenvalue weighted by molar-refractivity contribution is 6.00. The number of carbonyl (C=O) groups excluding carboxylic acids is 3. The fourth-order valence-corrected chi connectivity index (χ4v) is 4.78. The fourth-order valence-electron chi connectivity index (χ4n) is 4.78. The van der Waals surface area contributed by atoms with E-state index in [4.69, 9.17) is 0 Å². The van der Waals surface area contributed by atoms with Crippen molar-refractivity contribution in [2.75, 3.05) is 33.7 Å². The molecule has 0 aromatic carbocycles. The average molecular weight is 411 g/mol. The number of likely N-dealkylation sites (tertiary alicyclic amines) is 1. The van der Waals surface area contributed by atoms with Gasteiger partial charge in [0, 0.05) is 71.0 Å². The third kappa shape index (κ3) is 4.25. The minimum Gasteiger partial charge on any atom is -0.352 e. The van der Waals surface area contributed by atoms with Gasteiger partial charge < -0.3 is 15.1 Å². The molecule has 1 atom stereocenters. The number of pyridine rings is 1. The van der Waals surface area contributed by atoms with Crippen LogP contribution in [0.15, 0.2) is 24.0 Å². The topological polar surface area (TPSA) is 82.6 Å². The molecule has 1 aromatic rings. The number of hydrogen-bond donors (Lipinski definition) is 1. The summed E-state index contributed by atoms with van der Waals surface area (Å²) in [4.78, 5) is 44.2. The molecule has 2 fully saturated rings. The van der Waals surface area contributed by atoms with Gasteiger partial charge in [0.25, 0.3) is 0 Å². The Morgan fingerprint density at radius 3 is 2.70 bits per heavy atom. The molecule has 2 aliphatic carbocycles. The molecular formula is C23H30N4O3. The van der Waals surface area contributed by atoms with E-state index in [1.807, 2.05) is 23.2 Å². The number of carbonyl (C=O) groups is 3. The molecule has 7 nitrogen and oxygen atoms in total. The number of piperidine rings is 1. The van der Waals surface area contributed by atoms with E-state index in [0.29, 0.717) is 18.9 Å². The molecule has 1 aliphatic heterocycles. The Kier molecular flexibility index (Phi) is 5.62. The molecule has 7 heteroatoms. The van der Waals surface area contributed by atoms with Crippen LogP contribution in [0, 0.1) is 11.3 Å². The maximum absolute atomic E-state index is 12.5. The minimum absolute atomic E-state index is 0.00781. The minimum atomic E-state index is -0.00781. The summed E-state index contributed by atoms with van der Waals surface area (Å²) in [7, 11) is 3.42. The summed E-state index contributed by atoms with van der Waals surface area (Å²) < 4.78 is 0. The molecule has 1 aromatic heterocycles. The highest BCUT2D eigenvalue weighted by Crippen LogP contribution is 2.59. The van der Waals surface area contributed by atoms with E-state index >= 15 is 0 Å². The highest BCUT2D eigenvalue weighted by atomic mass is 16.2. The van der Waals surface area contributed by atoms with Crippen LogP contribution < -0.4 is 5.32 Å². The molecule has 3 amide bonds. The summed E-state index contributed by atoms with van der Waals surface area (Å²) in [5.74, 6) is 0.589. The first-order valence-electron chi connectivity index (χ1n) is 10.8. The molecule has 1 saturated carbocycles. The third-order valence-corrected chi connectivity index (χ3v) is 6.97. The van der Waals surface area contributed by atoms with Gasteiger partial charge in [-0.2, -0.15) is 0 Å². The number of hydrogen-bond acceptors (Lipinski definition) is 4. The largest absolute Gasteiger partial charge is 0.352 e.